The SMILES string of the molecule is Cc1c(Br)c(=O)oc2ccc(O)cc12. The highest BCUT2D eigenvalue weighted by molar-refractivity contribution is 9.10. The number of hydrogen-bond acceptors (Lipinski definition) is 3. The monoisotopic (exact) mass is 254 g/mol. The number of phenols is 1. The third-order valence-corrected chi connectivity index (χ3v) is 3.00. The van der Waals surface area contributed by atoms with E-state index in [0.717, 1.165) is 10.9 Å². The van der Waals surface area contributed by atoms with Gasteiger partial charge in [-0.1, -0.05) is 0 Å². The van der Waals surface area contributed by atoms with Crippen molar-refractivity contribution in [2.45, 2.75) is 6.92 Å². The topological polar surface area (TPSA) is 50.4 Å². The fraction of sp³-hybridized carbons (Fsp3) is 0.100. The molecule has 0 saturated heterocycles. The second-order valence-electron chi connectivity index (χ2n) is 3.01. The minimum absolute atomic E-state index is 0.154. The Labute approximate surface area is 88.1 Å². The minimum Gasteiger partial charge on any atom is -0.508 e. The molecule has 2 rings (SSSR count). The zero-order valence-corrected chi connectivity index (χ0v) is 8.96. The lowest BCUT2D eigenvalue weighted by Crippen LogP contribution is -2.01. The lowest BCUT2D eigenvalue weighted by molar-refractivity contribution is 0.475. The first-order valence-electron chi connectivity index (χ1n) is 4.01. The van der Waals surface area contributed by atoms with Crippen LogP contribution in [-0.2, 0) is 0 Å². The summed E-state index contributed by atoms with van der Waals surface area (Å²) in [6, 6.07) is 4.63. The summed E-state index contributed by atoms with van der Waals surface area (Å²) >= 11 is 3.14. The molecule has 4 heteroatoms. The van der Waals surface area contributed by atoms with E-state index < -0.39 is 5.63 Å². The minimum atomic E-state index is -0.402. The summed E-state index contributed by atoms with van der Waals surface area (Å²) in [5.41, 5.74) is 0.848. The first-order valence-corrected chi connectivity index (χ1v) is 4.81. The molecule has 72 valence electrons. The van der Waals surface area contributed by atoms with Gasteiger partial charge in [-0.2, -0.15) is 0 Å². The van der Waals surface area contributed by atoms with Crippen LogP contribution in [0, 0.1) is 6.92 Å². The number of phenolic OH excluding ortho intramolecular Hbond substituents is 1. The molecule has 1 heterocycles. The van der Waals surface area contributed by atoms with Gasteiger partial charge in [0.15, 0.2) is 0 Å². The fourth-order valence-electron chi connectivity index (χ4n) is 1.32. The number of halogens is 1. The number of fused-ring (bicyclic) bond motifs is 1. The molecule has 0 atom stereocenters. The smallest absolute Gasteiger partial charge is 0.350 e. The Morgan fingerprint density at radius 2 is 2.14 bits per heavy atom. The highest BCUT2D eigenvalue weighted by Gasteiger charge is 2.08. The van der Waals surface area contributed by atoms with Crippen LogP contribution in [-0.4, -0.2) is 5.11 Å². The van der Waals surface area contributed by atoms with Crippen molar-refractivity contribution >= 4 is 26.9 Å². The largest absolute Gasteiger partial charge is 0.508 e. The maximum atomic E-state index is 11.3. The van der Waals surface area contributed by atoms with E-state index in [9.17, 15) is 9.90 Å². The Kier molecular flexibility index (Phi) is 2.07. The van der Waals surface area contributed by atoms with Crippen molar-refractivity contribution in [3.8, 4) is 5.75 Å². The van der Waals surface area contributed by atoms with Crippen molar-refractivity contribution in [3.63, 3.8) is 0 Å². The van der Waals surface area contributed by atoms with Gasteiger partial charge in [-0.3, -0.25) is 0 Å². The van der Waals surface area contributed by atoms with Gasteiger partial charge >= 0.3 is 5.63 Å². The molecule has 0 bridgehead atoms. The highest BCUT2D eigenvalue weighted by Crippen LogP contribution is 2.25. The molecule has 0 saturated carbocycles. The zero-order chi connectivity index (χ0) is 10.3. The van der Waals surface area contributed by atoms with E-state index in [1.807, 2.05) is 0 Å². The average molecular weight is 255 g/mol. The second-order valence-corrected chi connectivity index (χ2v) is 3.80. The number of hydrogen-bond donors (Lipinski definition) is 1. The molecule has 0 aliphatic carbocycles. The lowest BCUT2D eigenvalue weighted by atomic mass is 10.1. The van der Waals surface area contributed by atoms with Gasteiger partial charge in [-0.05, 0) is 46.6 Å². The third kappa shape index (κ3) is 1.32. The van der Waals surface area contributed by atoms with Crippen LogP contribution in [0.4, 0.5) is 0 Å². The van der Waals surface area contributed by atoms with Gasteiger partial charge in [0.1, 0.15) is 15.8 Å². The summed E-state index contributed by atoms with van der Waals surface area (Å²) in [4.78, 5) is 11.3. The average Bonchev–Trinajstić information content (AvgIpc) is 2.16. The van der Waals surface area contributed by atoms with E-state index in [-0.39, 0.29) is 5.75 Å². The molecule has 0 amide bonds. The van der Waals surface area contributed by atoms with Crippen molar-refractivity contribution in [1.29, 1.82) is 0 Å². The molecular formula is C10H7BrO3. The van der Waals surface area contributed by atoms with Gasteiger partial charge < -0.3 is 9.52 Å². The summed E-state index contributed by atoms with van der Waals surface area (Å²) in [7, 11) is 0. The van der Waals surface area contributed by atoms with Crippen molar-refractivity contribution in [2.24, 2.45) is 0 Å². The van der Waals surface area contributed by atoms with Gasteiger partial charge in [-0.25, -0.2) is 4.79 Å². The molecule has 3 nitrogen and oxygen atoms in total. The molecule has 0 fully saturated rings. The van der Waals surface area contributed by atoms with Crippen LogP contribution in [0.25, 0.3) is 11.0 Å². The summed E-state index contributed by atoms with van der Waals surface area (Å²) in [6.45, 7) is 1.79. The van der Waals surface area contributed by atoms with E-state index >= 15 is 0 Å². The molecule has 1 aromatic heterocycles. The maximum absolute atomic E-state index is 11.3. The number of aryl methyl sites for hydroxylation is 1. The molecule has 0 spiro atoms. The van der Waals surface area contributed by atoms with Crippen LogP contribution in [0.2, 0.25) is 0 Å². The van der Waals surface area contributed by atoms with Crippen LogP contribution >= 0.6 is 15.9 Å². The number of benzene rings is 1. The molecule has 0 aliphatic rings. The molecule has 0 radical (unpaired) electrons. The molecule has 0 aliphatic heterocycles. The molecule has 1 N–H and O–H groups in total. The standard InChI is InChI=1S/C10H7BrO3/c1-5-7-4-6(12)2-3-8(7)14-10(13)9(5)11/h2-4,12H,1H3. The molecule has 14 heavy (non-hydrogen) atoms. The number of rotatable bonds is 0. The van der Waals surface area contributed by atoms with Crippen molar-refractivity contribution in [2.75, 3.05) is 0 Å². The Morgan fingerprint density at radius 1 is 1.43 bits per heavy atom. The lowest BCUT2D eigenvalue weighted by Gasteiger charge is -2.02. The maximum Gasteiger partial charge on any atom is 0.350 e. The van der Waals surface area contributed by atoms with Gasteiger partial charge in [-0.15, -0.1) is 0 Å². The van der Waals surface area contributed by atoms with E-state index in [1.54, 1.807) is 19.1 Å². The van der Waals surface area contributed by atoms with Gasteiger partial charge in [0.25, 0.3) is 0 Å². The van der Waals surface area contributed by atoms with Crippen molar-refractivity contribution in [1.82, 2.24) is 0 Å². The van der Waals surface area contributed by atoms with Crippen LogP contribution in [0.15, 0.2) is 31.9 Å². The second kappa shape index (κ2) is 3.13. The van der Waals surface area contributed by atoms with E-state index in [0.29, 0.717) is 10.1 Å². The Balaban J connectivity index is 2.99. The van der Waals surface area contributed by atoms with Crippen LogP contribution in [0.5, 0.6) is 5.75 Å². The highest BCUT2D eigenvalue weighted by atomic mass is 79.9. The summed E-state index contributed by atoms with van der Waals surface area (Å²) < 4.78 is 5.41. The quantitative estimate of drug-likeness (QED) is 0.736. The first-order chi connectivity index (χ1) is 6.59. The summed E-state index contributed by atoms with van der Waals surface area (Å²) in [6.07, 6.45) is 0. The van der Waals surface area contributed by atoms with E-state index in [2.05, 4.69) is 15.9 Å². The predicted molar refractivity (Wildman–Crippen MR) is 56.6 cm³/mol. The molecule has 0 unspecified atom stereocenters. The Hall–Kier alpha value is -1.29. The normalized spacial score (nSPS) is 10.7. The molecular weight excluding hydrogens is 248 g/mol. The number of aromatic hydroxyl groups is 1. The van der Waals surface area contributed by atoms with E-state index in [4.69, 9.17) is 4.42 Å². The van der Waals surface area contributed by atoms with E-state index in [1.165, 1.54) is 6.07 Å². The summed E-state index contributed by atoms with van der Waals surface area (Å²) in [5.74, 6) is 0.154. The first kappa shape index (κ1) is 9.27. The Bertz CT molecular complexity index is 557. The van der Waals surface area contributed by atoms with Gasteiger partial charge in [0.05, 0.1) is 0 Å². The van der Waals surface area contributed by atoms with Crippen LogP contribution in [0.3, 0.4) is 0 Å². The van der Waals surface area contributed by atoms with Crippen molar-refractivity contribution in [3.05, 3.63) is 38.7 Å². The molecule has 2 aromatic rings. The van der Waals surface area contributed by atoms with Crippen LogP contribution in [0.1, 0.15) is 5.56 Å². The van der Waals surface area contributed by atoms with Crippen molar-refractivity contribution < 1.29 is 9.52 Å². The zero-order valence-electron chi connectivity index (χ0n) is 7.37. The predicted octanol–water partition coefficient (Wildman–Crippen LogP) is 2.57. The molecule has 1 aromatic carbocycles. The summed E-state index contributed by atoms with van der Waals surface area (Å²) in [5, 5.41) is 10.0. The third-order valence-electron chi connectivity index (χ3n) is 2.08. The fourth-order valence-corrected chi connectivity index (χ4v) is 1.61. The van der Waals surface area contributed by atoms with Crippen LogP contribution < -0.4 is 5.63 Å². The Morgan fingerprint density at radius 3 is 2.86 bits per heavy atom. The van der Waals surface area contributed by atoms with Gasteiger partial charge in [0.2, 0.25) is 0 Å². The van der Waals surface area contributed by atoms with Gasteiger partial charge in [0, 0.05) is 5.39 Å².